The number of anilines is 1. The van der Waals surface area contributed by atoms with Crippen LogP contribution in [-0.2, 0) is 4.79 Å². The summed E-state index contributed by atoms with van der Waals surface area (Å²) < 4.78 is 5.13. The maximum Gasteiger partial charge on any atom is 0.241 e. The van der Waals surface area contributed by atoms with E-state index < -0.39 is 0 Å². The predicted octanol–water partition coefficient (Wildman–Crippen LogP) is 1.28. The van der Waals surface area contributed by atoms with Crippen molar-refractivity contribution >= 4 is 11.6 Å². The van der Waals surface area contributed by atoms with Gasteiger partial charge in [-0.05, 0) is 43.7 Å². The summed E-state index contributed by atoms with van der Waals surface area (Å²) in [4.78, 5) is 11.8. The summed E-state index contributed by atoms with van der Waals surface area (Å²) >= 11 is 0. The average Bonchev–Trinajstić information content (AvgIpc) is 2.92. The van der Waals surface area contributed by atoms with Crippen molar-refractivity contribution < 1.29 is 9.53 Å². The first-order chi connectivity index (χ1) is 8.79. The number of amides is 1. The van der Waals surface area contributed by atoms with Gasteiger partial charge in [-0.15, -0.1) is 0 Å². The summed E-state index contributed by atoms with van der Waals surface area (Å²) in [6.45, 7) is 0.927. The molecule has 0 aliphatic carbocycles. The molecule has 1 atom stereocenters. The number of benzene rings is 1. The molecule has 1 aliphatic rings. The lowest BCUT2D eigenvalue weighted by atomic mass is 10.2. The maximum atomic E-state index is 11.8. The van der Waals surface area contributed by atoms with Crippen LogP contribution in [0.4, 0.5) is 5.69 Å². The van der Waals surface area contributed by atoms with Crippen LogP contribution >= 0.6 is 0 Å². The Morgan fingerprint density at radius 1 is 1.50 bits per heavy atom. The van der Waals surface area contributed by atoms with Gasteiger partial charge in [0.15, 0.2) is 6.61 Å². The smallest absolute Gasteiger partial charge is 0.241 e. The zero-order valence-electron chi connectivity index (χ0n) is 9.98. The van der Waals surface area contributed by atoms with E-state index in [-0.39, 0.29) is 18.6 Å². The molecule has 94 valence electrons. The molecule has 1 aromatic rings. The van der Waals surface area contributed by atoms with Gasteiger partial charge in [0.25, 0.3) is 0 Å². The van der Waals surface area contributed by atoms with Crippen molar-refractivity contribution in [2.75, 3.05) is 18.5 Å². The third-order valence-corrected chi connectivity index (χ3v) is 2.80. The zero-order chi connectivity index (χ0) is 12.8. The lowest BCUT2D eigenvalue weighted by molar-refractivity contribution is -0.117. The highest BCUT2D eigenvalue weighted by Crippen LogP contribution is 2.16. The van der Waals surface area contributed by atoms with E-state index in [0.717, 1.165) is 25.1 Å². The van der Waals surface area contributed by atoms with Gasteiger partial charge in [-0.1, -0.05) is 0 Å². The molecule has 1 fully saturated rings. The molecule has 1 aliphatic heterocycles. The van der Waals surface area contributed by atoms with E-state index in [0.29, 0.717) is 5.75 Å². The predicted molar refractivity (Wildman–Crippen MR) is 67.2 cm³/mol. The second kappa shape index (κ2) is 6.03. The van der Waals surface area contributed by atoms with Crippen LogP contribution in [-0.4, -0.2) is 25.1 Å². The zero-order valence-corrected chi connectivity index (χ0v) is 9.98. The number of nitrogens with zero attached hydrogens (tertiary/aromatic N) is 1. The molecule has 1 amide bonds. The summed E-state index contributed by atoms with van der Waals surface area (Å²) in [6.07, 6.45) is 1.92. The van der Waals surface area contributed by atoms with Gasteiger partial charge in [-0.3, -0.25) is 4.79 Å². The Hall–Kier alpha value is -2.06. The largest absolute Gasteiger partial charge is 0.479 e. The van der Waals surface area contributed by atoms with Crippen LogP contribution in [0.15, 0.2) is 24.3 Å². The van der Waals surface area contributed by atoms with E-state index in [9.17, 15) is 4.79 Å². The van der Waals surface area contributed by atoms with Crippen LogP contribution < -0.4 is 15.4 Å². The second-order valence-corrected chi connectivity index (χ2v) is 4.11. The normalized spacial score (nSPS) is 18.1. The van der Waals surface area contributed by atoms with Gasteiger partial charge in [-0.25, -0.2) is 0 Å². The molecular formula is C13H15N3O2. The van der Waals surface area contributed by atoms with E-state index in [1.807, 2.05) is 6.07 Å². The van der Waals surface area contributed by atoms with Crippen molar-refractivity contribution in [3.05, 3.63) is 24.3 Å². The first kappa shape index (κ1) is 12.4. The Labute approximate surface area is 106 Å². The van der Waals surface area contributed by atoms with Crippen molar-refractivity contribution in [3.8, 4) is 11.8 Å². The van der Waals surface area contributed by atoms with Gasteiger partial charge in [0.2, 0.25) is 5.91 Å². The van der Waals surface area contributed by atoms with Crippen LogP contribution in [0.1, 0.15) is 12.8 Å². The monoisotopic (exact) mass is 245 g/mol. The lowest BCUT2D eigenvalue weighted by Gasteiger charge is -2.11. The Morgan fingerprint density at radius 3 is 2.89 bits per heavy atom. The van der Waals surface area contributed by atoms with Gasteiger partial charge in [-0.2, -0.15) is 5.26 Å². The molecule has 18 heavy (non-hydrogen) atoms. The molecule has 2 rings (SSSR count). The number of nitriles is 1. The number of carbonyl (C=O) groups is 1. The minimum Gasteiger partial charge on any atom is -0.479 e. The molecule has 0 spiro atoms. The fourth-order valence-electron chi connectivity index (χ4n) is 1.89. The van der Waals surface area contributed by atoms with Crippen molar-refractivity contribution in [1.29, 1.82) is 5.26 Å². The van der Waals surface area contributed by atoms with Gasteiger partial charge >= 0.3 is 0 Å². The van der Waals surface area contributed by atoms with E-state index in [4.69, 9.17) is 10.00 Å². The van der Waals surface area contributed by atoms with Crippen molar-refractivity contribution in [1.82, 2.24) is 5.32 Å². The van der Waals surface area contributed by atoms with Crippen molar-refractivity contribution in [2.24, 2.45) is 0 Å². The topological polar surface area (TPSA) is 74.1 Å². The molecule has 0 bridgehead atoms. The molecule has 0 aromatic heterocycles. The van der Waals surface area contributed by atoms with E-state index in [2.05, 4.69) is 10.6 Å². The summed E-state index contributed by atoms with van der Waals surface area (Å²) in [7, 11) is 0. The Bertz CT molecular complexity index is 444. The van der Waals surface area contributed by atoms with Crippen LogP contribution in [0.5, 0.6) is 5.75 Å². The number of hydrogen-bond donors (Lipinski definition) is 2. The molecule has 0 radical (unpaired) electrons. The van der Waals surface area contributed by atoms with Gasteiger partial charge in [0.05, 0.1) is 6.04 Å². The third kappa shape index (κ3) is 3.22. The molecule has 5 nitrogen and oxygen atoms in total. The molecule has 5 heteroatoms. The van der Waals surface area contributed by atoms with Crippen molar-refractivity contribution in [3.63, 3.8) is 0 Å². The van der Waals surface area contributed by atoms with Gasteiger partial charge < -0.3 is 15.4 Å². The number of ether oxygens (including phenoxy) is 1. The third-order valence-electron chi connectivity index (χ3n) is 2.80. The summed E-state index contributed by atoms with van der Waals surface area (Å²) in [5.41, 5.74) is 0.734. The SMILES string of the molecule is N#CCOc1ccc(NC(=O)[C@H]2CCCN2)cc1. The first-order valence-corrected chi connectivity index (χ1v) is 5.93. The highest BCUT2D eigenvalue weighted by Gasteiger charge is 2.21. The van der Waals surface area contributed by atoms with E-state index in [1.54, 1.807) is 24.3 Å². The Balaban J connectivity index is 1.89. The second-order valence-electron chi connectivity index (χ2n) is 4.11. The molecular weight excluding hydrogens is 230 g/mol. The molecule has 0 unspecified atom stereocenters. The molecule has 2 N–H and O–H groups in total. The number of nitrogens with one attached hydrogen (secondary N) is 2. The van der Waals surface area contributed by atoms with E-state index in [1.165, 1.54) is 0 Å². The maximum absolute atomic E-state index is 11.8. The van der Waals surface area contributed by atoms with Gasteiger partial charge in [0, 0.05) is 5.69 Å². The van der Waals surface area contributed by atoms with E-state index >= 15 is 0 Å². The molecule has 0 saturated carbocycles. The summed E-state index contributed by atoms with van der Waals surface area (Å²) in [5, 5.41) is 14.4. The molecule has 1 saturated heterocycles. The fraction of sp³-hybridized carbons (Fsp3) is 0.385. The quantitative estimate of drug-likeness (QED) is 0.838. The number of carbonyl (C=O) groups excluding carboxylic acids is 1. The highest BCUT2D eigenvalue weighted by atomic mass is 16.5. The Kier molecular flexibility index (Phi) is 4.15. The Morgan fingerprint density at radius 2 is 2.28 bits per heavy atom. The van der Waals surface area contributed by atoms with Crippen LogP contribution in [0.3, 0.4) is 0 Å². The van der Waals surface area contributed by atoms with Crippen LogP contribution in [0, 0.1) is 11.3 Å². The van der Waals surface area contributed by atoms with Gasteiger partial charge in [0.1, 0.15) is 11.8 Å². The summed E-state index contributed by atoms with van der Waals surface area (Å²) in [6, 6.07) is 8.81. The number of rotatable bonds is 4. The fourth-order valence-corrected chi connectivity index (χ4v) is 1.89. The lowest BCUT2D eigenvalue weighted by Crippen LogP contribution is -2.35. The van der Waals surface area contributed by atoms with Crippen LogP contribution in [0.25, 0.3) is 0 Å². The minimum absolute atomic E-state index is 0.00167. The minimum atomic E-state index is -0.0838. The first-order valence-electron chi connectivity index (χ1n) is 5.93. The molecule has 1 aromatic carbocycles. The number of hydrogen-bond acceptors (Lipinski definition) is 4. The highest BCUT2D eigenvalue weighted by molar-refractivity contribution is 5.95. The molecule has 1 heterocycles. The average molecular weight is 245 g/mol. The van der Waals surface area contributed by atoms with Crippen LogP contribution in [0.2, 0.25) is 0 Å². The van der Waals surface area contributed by atoms with Crippen molar-refractivity contribution in [2.45, 2.75) is 18.9 Å². The standard InChI is InChI=1S/C13H15N3O2/c14-7-9-18-11-5-3-10(4-6-11)16-13(17)12-2-1-8-15-12/h3-6,12,15H,1-2,8-9H2,(H,16,17)/t12-/m1/s1. The summed E-state index contributed by atoms with van der Waals surface area (Å²) in [5.74, 6) is 0.617.